The second-order valence-electron chi connectivity index (χ2n) is 5.46. The quantitative estimate of drug-likeness (QED) is 0.678. The summed E-state index contributed by atoms with van der Waals surface area (Å²) in [4.78, 5) is 12.2. The first kappa shape index (κ1) is 14.4. The molecule has 1 heterocycles. The maximum atomic E-state index is 12.2. The Labute approximate surface area is 119 Å². The summed E-state index contributed by atoms with van der Waals surface area (Å²) in [5.74, 6) is 1.46. The molecule has 2 rings (SSSR count). The summed E-state index contributed by atoms with van der Waals surface area (Å²) in [5.41, 5.74) is 0.0946. The van der Waals surface area contributed by atoms with Crippen molar-refractivity contribution in [3.05, 3.63) is 29.2 Å². The molecule has 1 saturated carbocycles. The lowest BCUT2D eigenvalue weighted by molar-refractivity contribution is -0.118. The van der Waals surface area contributed by atoms with Crippen molar-refractivity contribution < 1.29 is 9.21 Å². The lowest BCUT2D eigenvalue weighted by Gasteiger charge is -2.29. The van der Waals surface area contributed by atoms with Crippen LogP contribution >= 0.6 is 0 Å². The van der Waals surface area contributed by atoms with Crippen LogP contribution in [0.2, 0.25) is 0 Å². The Bertz CT molecular complexity index is 551. The summed E-state index contributed by atoms with van der Waals surface area (Å²) in [7, 11) is 0. The molecule has 1 aliphatic carbocycles. The van der Waals surface area contributed by atoms with Gasteiger partial charge < -0.3 is 9.73 Å². The Hall–Kier alpha value is -2.02. The Morgan fingerprint density at radius 1 is 1.45 bits per heavy atom. The van der Waals surface area contributed by atoms with Crippen LogP contribution in [0.15, 0.2) is 22.1 Å². The molecule has 0 bridgehead atoms. The number of hydrogen-bond donors (Lipinski definition) is 1. The molecule has 0 aromatic carbocycles. The van der Waals surface area contributed by atoms with Gasteiger partial charge in [-0.3, -0.25) is 4.79 Å². The van der Waals surface area contributed by atoms with Gasteiger partial charge in [0.05, 0.1) is 0 Å². The van der Waals surface area contributed by atoms with Crippen LogP contribution in [0.5, 0.6) is 0 Å². The van der Waals surface area contributed by atoms with Gasteiger partial charge in [0, 0.05) is 12.1 Å². The van der Waals surface area contributed by atoms with Crippen LogP contribution in [0.25, 0.3) is 6.08 Å². The van der Waals surface area contributed by atoms with Gasteiger partial charge >= 0.3 is 0 Å². The number of nitrogens with one attached hydrogen (secondary N) is 1. The van der Waals surface area contributed by atoms with Crippen LogP contribution in [-0.4, -0.2) is 11.9 Å². The van der Waals surface area contributed by atoms with Crippen LogP contribution in [-0.2, 0) is 4.79 Å². The van der Waals surface area contributed by atoms with Gasteiger partial charge in [-0.2, -0.15) is 5.26 Å². The number of rotatable bonds is 3. The van der Waals surface area contributed by atoms with Crippen LogP contribution in [0, 0.1) is 24.2 Å². The predicted octanol–water partition coefficient (Wildman–Crippen LogP) is 3.19. The third kappa shape index (κ3) is 3.51. The molecule has 1 amide bonds. The molecule has 1 fully saturated rings. The number of furan rings is 1. The molecule has 0 radical (unpaired) electrons. The summed E-state index contributed by atoms with van der Waals surface area (Å²) in [6.07, 6.45) is 5.98. The monoisotopic (exact) mass is 272 g/mol. The highest BCUT2D eigenvalue weighted by atomic mass is 16.3. The molecule has 1 N–H and O–H groups in total. The molecule has 1 aromatic heterocycles. The van der Waals surface area contributed by atoms with Crippen LogP contribution in [0.3, 0.4) is 0 Å². The van der Waals surface area contributed by atoms with E-state index in [0.29, 0.717) is 11.7 Å². The molecular formula is C16H20N2O2. The summed E-state index contributed by atoms with van der Waals surface area (Å²) >= 11 is 0. The molecule has 0 aliphatic heterocycles. The Morgan fingerprint density at radius 3 is 2.80 bits per heavy atom. The Morgan fingerprint density at radius 2 is 2.20 bits per heavy atom. The van der Waals surface area contributed by atoms with E-state index in [9.17, 15) is 4.79 Å². The van der Waals surface area contributed by atoms with Gasteiger partial charge in [0.25, 0.3) is 5.91 Å². The van der Waals surface area contributed by atoms with E-state index in [1.54, 1.807) is 6.07 Å². The molecule has 4 heteroatoms. The van der Waals surface area contributed by atoms with E-state index in [1.165, 1.54) is 12.5 Å². The minimum absolute atomic E-state index is 0.0946. The van der Waals surface area contributed by atoms with E-state index >= 15 is 0 Å². The van der Waals surface area contributed by atoms with E-state index < -0.39 is 0 Å². The maximum Gasteiger partial charge on any atom is 0.262 e. The van der Waals surface area contributed by atoms with Crippen LogP contribution < -0.4 is 5.32 Å². The molecule has 0 saturated heterocycles. The highest BCUT2D eigenvalue weighted by Crippen LogP contribution is 2.24. The molecule has 1 aromatic rings. The van der Waals surface area contributed by atoms with Crippen molar-refractivity contribution in [2.45, 2.75) is 45.6 Å². The summed E-state index contributed by atoms with van der Waals surface area (Å²) in [6.45, 7) is 3.98. The fourth-order valence-corrected chi connectivity index (χ4v) is 2.60. The summed E-state index contributed by atoms with van der Waals surface area (Å²) in [6, 6.07) is 5.69. The topological polar surface area (TPSA) is 66.0 Å². The Kier molecular flexibility index (Phi) is 4.62. The average Bonchev–Trinajstić information content (AvgIpc) is 2.84. The smallest absolute Gasteiger partial charge is 0.262 e. The Balaban J connectivity index is 2.06. The second kappa shape index (κ2) is 6.42. The van der Waals surface area contributed by atoms with Crippen molar-refractivity contribution in [3.63, 3.8) is 0 Å². The first-order valence-electron chi connectivity index (χ1n) is 7.09. The third-order valence-electron chi connectivity index (χ3n) is 3.84. The highest BCUT2D eigenvalue weighted by molar-refractivity contribution is 6.01. The molecule has 20 heavy (non-hydrogen) atoms. The molecule has 1 aliphatic rings. The molecular weight excluding hydrogens is 252 g/mol. The molecule has 0 spiro atoms. The van der Waals surface area contributed by atoms with Gasteiger partial charge in [-0.25, -0.2) is 0 Å². The normalized spacial score (nSPS) is 23.1. The zero-order valence-corrected chi connectivity index (χ0v) is 12.0. The maximum absolute atomic E-state index is 12.2. The average molecular weight is 272 g/mol. The standard InChI is InChI=1S/C16H20N2O2/c1-11-5-3-4-6-15(11)18-16(19)13(10-17)9-14-8-7-12(2)20-14/h7-9,11,15H,3-6H2,1-2H3,(H,18,19)/b13-9+/t11-,15-/m0/s1. The number of hydrogen-bond acceptors (Lipinski definition) is 3. The SMILES string of the molecule is Cc1ccc(/C=C(\C#N)C(=O)N[C@H]2CCCC[C@@H]2C)o1. The number of aryl methyl sites for hydroxylation is 1. The van der Waals surface area contributed by atoms with Crippen LogP contribution in [0.1, 0.15) is 44.1 Å². The van der Waals surface area contributed by atoms with Crippen molar-refractivity contribution in [1.82, 2.24) is 5.32 Å². The fraction of sp³-hybridized carbons (Fsp3) is 0.500. The predicted molar refractivity (Wildman–Crippen MR) is 76.6 cm³/mol. The third-order valence-corrected chi connectivity index (χ3v) is 3.84. The van der Waals surface area contributed by atoms with E-state index in [2.05, 4.69) is 12.2 Å². The number of carbonyl (C=O) groups is 1. The van der Waals surface area contributed by atoms with Crippen molar-refractivity contribution in [2.24, 2.45) is 5.92 Å². The van der Waals surface area contributed by atoms with Crippen molar-refractivity contribution in [3.8, 4) is 6.07 Å². The van der Waals surface area contributed by atoms with Gasteiger partial charge in [0.15, 0.2) is 0 Å². The van der Waals surface area contributed by atoms with E-state index in [-0.39, 0.29) is 17.5 Å². The number of amides is 1. The second-order valence-corrected chi connectivity index (χ2v) is 5.46. The largest absolute Gasteiger partial charge is 0.462 e. The lowest BCUT2D eigenvalue weighted by Crippen LogP contribution is -2.41. The zero-order valence-electron chi connectivity index (χ0n) is 12.0. The minimum atomic E-state index is -0.305. The molecule has 106 valence electrons. The highest BCUT2D eigenvalue weighted by Gasteiger charge is 2.24. The zero-order chi connectivity index (χ0) is 14.5. The van der Waals surface area contributed by atoms with Gasteiger partial charge in [-0.1, -0.05) is 19.8 Å². The molecule has 2 atom stereocenters. The van der Waals surface area contributed by atoms with Gasteiger partial charge in [0.2, 0.25) is 0 Å². The van der Waals surface area contributed by atoms with Crippen molar-refractivity contribution in [1.29, 1.82) is 5.26 Å². The van der Waals surface area contributed by atoms with Crippen molar-refractivity contribution >= 4 is 12.0 Å². The number of nitriles is 1. The molecule has 4 nitrogen and oxygen atoms in total. The van der Waals surface area contributed by atoms with E-state index in [1.807, 2.05) is 19.1 Å². The van der Waals surface area contributed by atoms with Crippen LogP contribution in [0.4, 0.5) is 0 Å². The molecule has 0 unspecified atom stereocenters. The summed E-state index contributed by atoms with van der Waals surface area (Å²) in [5, 5.41) is 12.1. The van der Waals surface area contributed by atoms with Gasteiger partial charge in [-0.15, -0.1) is 0 Å². The lowest BCUT2D eigenvalue weighted by atomic mass is 9.86. The minimum Gasteiger partial charge on any atom is -0.462 e. The fourth-order valence-electron chi connectivity index (χ4n) is 2.60. The number of carbonyl (C=O) groups excluding carboxylic acids is 1. The van der Waals surface area contributed by atoms with Gasteiger partial charge in [0.1, 0.15) is 23.2 Å². The van der Waals surface area contributed by atoms with Crippen molar-refractivity contribution in [2.75, 3.05) is 0 Å². The van der Waals surface area contributed by atoms with Gasteiger partial charge in [-0.05, 0) is 37.8 Å². The first-order valence-corrected chi connectivity index (χ1v) is 7.09. The summed E-state index contributed by atoms with van der Waals surface area (Å²) < 4.78 is 5.37. The number of nitrogens with zero attached hydrogens (tertiary/aromatic N) is 1. The van der Waals surface area contributed by atoms with E-state index in [0.717, 1.165) is 25.0 Å². The first-order chi connectivity index (χ1) is 9.60. The van der Waals surface area contributed by atoms with E-state index in [4.69, 9.17) is 9.68 Å².